The van der Waals surface area contributed by atoms with E-state index in [4.69, 9.17) is 5.73 Å². The molecule has 2 nitrogen and oxygen atoms in total. The molecule has 15 heavy (non-hydrogen) atoms. The van der Waals surface area contributed by atoms with E-state index < -0.39 is 11.6 Å². The summed E-state index contributed by atoms with van der Waals surface area (Å²) in [4.78, 5) is 1.57. The lowest BCUT2D eigenvalue weighted by molar-refractivity contribution is 0.573. The molecule has 0 amide bonds. The maximum atomic E-state index is 13.5. The highest BCUT2D eigenvalue weighted by Crippen LogP contribution is 2.24. The Kier molecular flexibility index (Phi) is 4.03. The summed E-state index contributed by atoms with van der Waals surface area (Å²) in [7, 11) is 1.67. The van der Waals surface area contributed by atoms with Crippen molar-refractivity contribution in [1.29, 1.82) is 0 Å². The van der Waals surface area contributed by atoms with Crippen molar-refractivity contribution in [1.82, 2.24) is 0 Å². The van der Waals surface area contributed by atoms with Crippen LogP contribution in [0.15, 0.2) is 12.1 Å². The molecule has 0 aliphatic carbocycles. The first-order chi connectivity index (χ1) is 7.10. The minimum absolute atomic E-state index is 0.0223. The zero-order valence-corrected chi connectivity index (χ0v) is 9.06. The predicted octanol–water partition coefficient (Wildman–Crippen LogP) is 2.27. The molecule has 0 heterocycles. The Morgan fingerprint density at radius 3 is 2.20 bits per heavy atom. The van der Waals surface area contributed by atoms with Crippen molar-refractivity contribution in [3.63, 3.8) is 0 Å². The topological polar surface area (TPSA) is 29.3 Å². The van der Waals surface area contributed by atoms with E-state index in [-0.39, 0.29) is 12.2 Å². The third kappa shape index (κ3) is 2.65. The normalized spacial score (nSPS) is 10.5. The second kappa shape index (κ2) is 5.07. The van der Waals surface area contributed by atoms with Crippen molar-refractivity contribution in [2.24, 2.45) is 5.73 Å². The lowest BCUT2D eigenvalue weighted by Gasteiger charge is -2.20. The number of nitrogens with two attached hydrogens (primary N) is 1. The summed E-state index contributed by atoms with van der Waals surface area (Å²) in [5.74, 6) is -1.10. The van der Waals surface area contributed by atoms with Crippen LogP contribution >= 0.6 is 0 Å². The molecule has 0 spiro atoms. The first-order valence-electron chi connectivity index (χ1n) is 4.99. The van der Waals surface area contributed by atoms with Crippen LogP contribution in [0.5, 0.6) is 0 Å². The molecular formula is C11H16F2N2. The summed E-state index contributed by atoms with van der Waals surface area (Å²) in [5, 5.41) is 0. The molecule has 2 N–H and O–H groups in total. The number of rotatable bonds is 4. The fraction of sp³-hybridized carbons (Fsp3) is 0.455. The van der Waals surface area contributed by atoms with Crippen molar-refractivity contribution in [2.45, 2.75) is 19.9 Å². The fourth-order valence-electron chi connectivity index (χ4n) is 1.55. The summed E-state index contributed by atoms with van der Waals surface area (Å²) < 4.78 is 27.1. The maximum absolute atomic E-state index is 13.5. The van der Waals surface area contributed by atoms with Crippen molar-refractivity contribution in [3.8, 4) is 0 Å². The van der Waals surface area contributed by atoms with Crippen molar-refractivity contribution in [3.05, 3.63) is 29.3 Å². The lowest BCUT2D eigenvalue weighted by Crippen LogP contribution is -2.20. The molecule has 1 rings (SSSR count). The van der Waals surface area contributed by atoms with E-state index in [1.165, 1.54) is 12.1 Å². The molecule has 0 saturated carbocycles. The second-order valence-corrected chi connectivity index (χ2v) is 3.53. The summed E-state index contributed by atoms with van der Waals surface area (Å²) in [6.45, 7) is 2.72. The van der Waals surface area contributed by atoms with Crippen molar-refractivity contribution in [2.75, 3.05) is 18.5 Å². The van der Waals surface area contributed by atoms with Gasteiger partial charge in [-0.3, -0.25) is 0 Å². The first-order valence-corrected chi connectivity index (χ1v) is 4.99. The predicted molar refractivity (Wildman–Crippen MR) is 57.8 cm³/mol. The van der Waals surface area contributed by atoms with E-state index in [2.05, 4.69) is 0 Å². The van der Waals surface area contributed by atoms with Gasteiger partial charge in [-0.25, -0.2) is 8.78 Å². The summed E-state index contributed by atoms with van der Waals surface area (Å²) in [5.41, 5.74) is 5.82. The Bertz CT molecular complexity index is 316. The largest absolute Gasteiger partial charge is 0.370 e. The van der Waals surface area contributed by atoms with Gasteiger partial charge >= 0.3 is 0 Å². The highest BCUT2D eigenvalue weighted by atomic mass is 19.1. The van der Waals surface area contributed by atoms with Gasteiger partial charge in [-0.2, -0.15) is 0 Å². The Balaban J connectivity index is 3.07. The van der Waals surface area contributed by atoms with Crippen LogP contribution in [-0.2, 0) is 6.54 Å². The van der Waals surface area contributed by atoms with E-state index in [9.17, 15) is 8.78 Å². The van der Waals surface area contributed by atoms with Crippen LogP contribution in [-0.4, -0.2) is 13.6 Å². The zero-order valence-electron chi connectivity index (χ0n) is 9.06. The average molecular weight is 214 g/mol. The number of halogens is 2. The average Bonchev–Trinajstić information content (AvgIpc) is 2.16. The minimum Gasteiger partial charge on any atom is -0.370 e. The smallest absolute Gasteiger partial charge is 0.149 e. The summed E-state index contributed by atoms with van der Waals surface area (Å²) in [6.07, 6.45) is 0.841. The van der Waals surface area contributed by atoms with Gasteiger partial charge in [-0.05, 0) is 24.1 Å². The Morgan fingerprint density at radius 2 is 1.80 bits per heavy atom. The Morgan fingerprint density at radius 1 is 1.27 bits per heavy atom. The van der Waals surface area contributed by atoms with Crippen LogP contribution in [0.4, 0.5) is 14.5 Å². The highest BCUT2D eigenvalue weighted by molar-refractivity contribution is 5.50. The monoisotopic (exact) mass is 214 g/mol. The molecule has 0 unspecified atom stereocenters. The number of nitrogens with zero attached hydrogens (tertiary/aromatic N) is 1. The van der Waals surface area contributed by atoms with Gasteiger partial charge < -0.3 is 10.6 Å². The second-order valence-electron chi connectivity index (χ2n) is 3.53. The molecule has 0 fully saturated rings. The number of hydrogen-bond donors (Lipinski definition) is 1. The van der Waals surface area contributed by atoms with Gasteiger partial charge in [0.1, 0.15) is 17.3 Å². The van der Waals surface area contributed by atoms with E-state index in [0.717, 1.165) is 6.42 Å². The van der Waals surface area contributed by atoms with Crippen LogP contribution in [0.3, 0.4) is 0 Å². The van der Waals surface area contributed by atoms with Crippen LogP contribution in [0, 0.1) is 11.6 Å². The van der Waals surface area contributed by atoms with Gasteiger partial charge in [0.15, 0.2) is 0 Å². The Hall–Kier alpha value is -1.16. The SMILES string of the molecule is CCCN(C)c1c(F)cc(CN)cc1F. The van der Waals surface area contributed by atoms with Crippen molar-refractivity contribution < 1.29 is 8.78 Å². The lowest BCUT2D eigenvalue weighted by atomic mass is 10.1. The zero-order chi connectivity index (χ0) is 11.4. The molecule has 0 radical (unpaired) electrons. The Labute approximate surface area is 88.7 Å². The molecular weight excluding hydrogens is 198 g/mol. The molecule has 0 bridgehead atoms. The fourth-order valence-corrected chi connectivity index (χ4v) is 1.55. The molecule has 0 aliphatic rings. The van der Waals surface area contributed by atoms with Crippen LogP contribution in [0.1, 0.15) is 18.9 Å². The van der Waals surface area contributed by atoms with Gasteiger partial charge in [0.05, 0.1) is 0 Å². The quantitative estimate of drug-likeness (QED) is 0.833. The summed E-state index contributed by atoms with van der Waals surface area (Å²) in [6, 6.07) is 2.56. The van der Waals surface area contributed by atoms with Crippen LogP contribution in [0.2, 0.25) is 0 Å². The van der Waals surface area contributed by atoms with Gasteiger partial charge in [0.2, 0.25) is 0 Å². The third-order valence-electron chi connectivity index (χ3n) is 2.25. The van der Waals surface area contributed by atoms with Gasteiger partial charge in [-0.1, -0.05) is 6.92 Å². The highest BCUT2D eigenvalue weighted by Gasteiger charge is 2.14. The van der Waals surface area contributed by atoms with E-state index >= 15 is 0 Å². The number of benzene rings is 1. The molecule has 1 aromatic carbocycles. The van der Waals surface area contributed by atoms with E-state index in [1.807, 2.05) is 6.92 Å². The standard InChI is InChI=1S/C11H16F2N2/c1-3-4-15(2)11-9(12)5-8(7-14)6-10(11)13/h5-6H,3-4,7,14H2,1-2H3. The molecule has 4 heteroatoms. The number of anilines is 1. The molecule has 0 aromatic heterocycles. The molecule has 0 aliphatic heterocycles. The van der Waals surface area contributed by atoms with Crippen LogP contribution in [0.25, 0.3) is 0 Å². The number of hydrogen-bond acceptors (Lipinski definition) is 2. The third-order valence-corrected chi connectivity index (χ3v) is 2.25. The van der Waals surface area contributed by atoms with E-state index in [1.54, 1.807) is 11.9 Å². The van der Waals surface area contributed by atoms with Crippen molar-refractivity contribution >= 4 is 5.69 Å². The maximum Gasteiger partial charge on any atom is 0.149 e. The van der Waals surface area contributed by atoms with Crippen LogP contribution < -0.4 is 10.6 Å². The van der Waals surface area contributed by atoms with Gasteiger partial charge in [0.25, 0.3) is 0 Å². The molecule has 84 valence electrons. The molecule has 0 atom stereocenters. The van der Waals surface area contributed by atoms with Gasteiger partial charge in [-0.15, -0.1) is 0 Å². The first kappa shape index (κ1) is 11.9. The van der Waals surface area contributed by atoms with Gasteiger partial charge in [0, 0.05) is 20.1 Å². The molecule has 0 saturated heterocycles. The van der Waals surface area contributed by atoms with E-state index in [0.29, 0.717) is 12.1 Å². The molecule has 1 aromatic rings. The minimum atomic E-state index is -0.550. The summed E-state index contributed by atoms with van der Waals surface area (Å²) >= 11 is 0.